The Bertz CT molecular complexity index is 893. The smallest absolute Gasteiger partial charge is 0.220 e. The molecule has 9 heteroatoms. The first-order valence-corrected chi connectivity index (χ1v) is 25.7. The van der Waals surface area contributed by atoms with Crippen molar-refractivity contribution >= 4 is 5.91 Å². The number of hydrogen-bond acceptors (Lipinski definition) is 8. The first-order valence-electron chi connectivity index (χ1n) is 25.7. The summed E-state index contributed by atoms with van der Waals surface area (Å²) in [6, 6.07) is -0.711. The largest absolute Gasteiger partial charge is 0.394 e. The second kappa shape index (κ2) is 41.2. The van der Waals surface area contributed by atoms with E-state index in [4.69, 9.17) is 9.47 Å². The number of ether oxygens (including phenoxy) is 2. The molecule has 1 aliphatic rings. The molecule has 6 N–H and O–H groups in total. The van der Waals surface area contributed by atoms with Gasteiger partial charge >= 0.3 is 0 Å². The molecule has 1 rings (SSSR count). The van der Waals surface area contributed by atoms with Crippen LogP contribution in [0.15, 0.2) is 0 Å². The Balaban J connectivity index is 2.21. The van der Waals surface area contributed by atoms with E-state index in [0.29, 0.717) is 12.8 Å². The Kier molecular flexibility index (Phi) is 39.3. The molecule has 0 aromatic rings. The number of amides is 1. The van der Waals surface area contributed by atoms with Crippen molar-refractivity contribution < 1.29 is 39.8 Å². The van der Waals surface area contributed by atoms with Crippen molar-refractivity contribution in [2.75, 3.05) is 13.2 Å². The number of unbranched alkanes of at least 4 members (excludes halogenated alkanes) is 34. The third kappa shape index (κ3) is 31.6. The molecule has 9 nitrogen and oxygen atoms in total. The van der Waals surface area contributed by atoms with E-state index >= 15 is 0 Å². The van der Waals surface area contributed by atoms with Crippen LogP contribution in [0.5, 0.6) is 0 Å². The van der Waals surface area contributed by atoms with Gasteiger partial charge in [0.25, 0.3) is 0 Å². The average Bonchev–Trinajstić information content (AvgIpc) is 3.23. The molecule has 1 amide bonds. The second-order valence-electron chi connectivity index (χ2n) is 18.3. The summed E-state index contributed by atoms with van der Waals surface area (Å²) in [5, 5.41) is 54.4. The molecular formula is C50H99NO8. The minimum absolute atomic E-state index is 0.132. The number of carbonyl (C=O) groups excluding carboxylic acids is 1. The molecule has 0 aliphatic carbocycles. The molecule has 352 valence electrons. The van der Waals surface area contributed by atoms with Gasteiger partial charge in [0.2, 0.25) is 5.91 Å². The Morgan fingerprint density at radius 1 is 0.508 bits per heavy atom. The number of hydrogen-bond donors (Lipinski definition) is 6. The fourth-order valence-electron chi connectivity index (χ4n) is 8.58. The molecule has 59 heavy (non-hydrogen) atoms. The maximum Gasteiger partial charge on any atom is 0.220 e. The van der Waals surface area contributed by atoms with E-state index in [0.717, 1.165) is 38.5 Å². The summed E-state index contributed by atoms with van der Waals surface area (Å²) in [7, 11) is 0. The molecule has 7 atom stereocenters. The lowest BCUT2D eigenvalue weighted by Crippen LogP contribution is -2.60. The van der Waals surface area contributed by atoms with Crippen LogP contribution in [0.25, 0.3) is 0 Å². The van der Waals surface area contributed by atoms with Crippen molar-refractivity contribution in [2.45, 2.75) is 301 Å². The SMILES string of the molecule is CCCCCCCCCCCCCCCCCCCCCCCCCC(=O)N[C@@H](CO[C@H]1O[C@@H](CO)[C@H](O)C(O)C1O)[C@H](O)CCCCCCCCCCCCCCC. The van der Waals surface area contributed by atoms with Gasteiger partial charge in [-0.05, 0) is 12.8 Å². The predicted molar refractivity (Wildman–Crippen MR) is 244 cm³/mol. The van der Waals surface area contributed by atoms with Crippen molar-refractivity contribution in [3.63, 3.8) is 0 Å². The average molecular weight is 842 g/mol. The number of aliphatic hydroxyl groups is 5. The molecule has 1 saturated heterocycles. The second-order valence-corrected chi connectivity index (χ2v) is 18.3. The summed E-state index contributed by atoms with van der Waals surface area (Å²) in [6.07, 6.45) is 39.8. The Morgan fingerprint density at radius 2 is 0.847 bits per heavy atom. The van der Waals surface area contributed by atoms with Gasteiger partial charge < -0.3 is 40.3 Å². The van der Waals surface area contributed by atoms with Crippen LogP contribution in [0.2, 0.25) is 0 Å². The minimum Gasteiger partial charge on any atom is -0.394 e. The van der Waals surface area contributed by atoms with Gasteiger partial charge in [-0.15, -0.1) is 0 Å². The van der Waals surface area contributed by atoms with Gasteiger partial charge in [-0.25, -0.2) is 0 Å². The van der Waals surface area contributed by atoms with Crippen LogP contribution in [-0.2, 0) is 14.3 Å². The van der Waals surface area contributed by atoms with Crippen LogP contribution in [0, 0.1) is 0 Å². The fraction of sp³-hybridized carbons (Fsp3) is 0.980. The molecule has 0 aromatic carbocycles. The molecule has 1 heterocycles. The van der Waals surface area contributed by atoms with Crippen molar-refractivity contribution in [3.05, 3.63) is 0 Å². The zero-order chi connectivity index (χ0) is 43.0. The third-order valence-electron chi connectivity index (χ3n) is 12.7. The summed E-state index contributed by atoms with van der Waals surface area (Å²) < 4.78 is 11.3. The van der Waals surface area contributed by atoms with Crippen molar-refractivity contribution in [1.82, 2.24) is 5.32 Å². The lowest BCUT2D eigenvalue weighted by Gasteiger charge is -2.40. The highest BCUT2D eigenvalue weighted by molar-refractivity contribution is 5.76. The first-order chi connectivity index (χ1) is 28.8. The van der Waals surface area contributed by atoms with E-state index in [1.807, 2.05) is 0 Å². The third-order valence-corrected chi connectivity index (χ3v) is 12.7. The number of nitrogens with one attached hydrogen (secondary N) is 1. The molecule has 0 spiro atoms. The monoisotopic (exact) mass is 842 g/mol. The lowest BCUT2D eigenvalue weighted by molar-refractivity contribution is -0.302. The molecule has 0 saturated carbocycles. The van der Waals surface area contributed by atoms with E-state index in [-0.39, 0.29) is 12.5 Å². The molecule has 0 radical (unpaired) electrons. The zero-order valence-corrected chi connectivity index (χ0v) is 38.8. The standard InChI is InChI=1S/C50H99NO8/c1-3-5-7-9-11-13-15-17-18-19-20-21-22-23-24-25-26-28-30-32-34-36-38-40-46(54)51-43(42-58-50-49(57)48(56)47(55)45(41-52)59-50)44(53)39-37-35-33-31-29-27-16-14-12-10-8-6-4-2/h43-45,47-50,52-53,55-57H,3-42H2,1-2H3,(H,51,54)/t43-,44+,45-,47-,48?,49?,50-/m0/s1. The molecule has 0 bridgehead atoms. The molecule has 1 fully saturated rings. The summed E-state index contributed by atoms with van der Waals surface area (Å²) in [4.78, 5) is 13.0. The van der Waals surface area contributed by atoms with Crippen molar-refractivity contribution in [1.29, 1.82) is 0 Å². The van der Waals surface area contributed by atoms with Gasteiger partial charge in [-0.2, -0.15) is 0 Å². The van der Waals surface area contributed by atoms with Gasteiger partial charge in [0, 0.05) is 6.42 Å². The molecular weight excluding hydrogens is 743 g/mol. The number of rotatable bonds is 44. The van der Waals surface area contributed by atoms with Crippen LogP contribution < -0.4 is 5.32 Å². The molecule has 0 aromatic heterocycles. The molecule has 2 unspecified atom stereocenters. The zero-order valence-electron chi connectivity index (χ0n) is 38.8. The summed E-state index contributed by atoms with van der Waals surface area (Å²) >= 11 is 0. The minimum atomic E-state index is -1.55. The van der Waals surface area contributed by atoms with Crippen LogP contribution >= 0.6 is 0 Å². The lowest BCUT2D eigenvalue weighted by atomic mass is 9.99. The van der Waals surface area contributed by atoms with Crippen LogP contribution in [0.3, 0.4) is 0 Å². The maximum absolute atomic E-state index is 13.0. The van der Waals surface area contributed by atoms with Gasteiger partial charge in [-0.1, -0.05) is 239 Å². The van der Waals surface area contributed by atoms with E-state index < -0.39 is 49.5 Å². The topological polar surface area (TPSA) is 149 Å². The Morgan fingerprint density at radius 3 is 1.20 bits per heavy atom. The summed E-state index contributed by atoms with van der Waals surface area (Å²) in [5.74, 6) is -0.139. The van der Waals surface area contributed by atoms with Crippen LogP contribution in [0.1, 0.15) is 258 Å². The highest BCUT2D eigenvalue weighted by Crippen LogP contribution is 2.23. The van der Waals surface area contributed by atoms with Gasteiger partial charge in [-0.3, -0.25) is 4.79 Å². The highest BCUT2D eigenvalue weighted by Gasteiger charge is 2.44. The number of carbonyl (C=O) groups is 1. The summed E-state index contributed by atoms with van der Waals surface area (Å²) in [5.41, 5.74) is 0. The van der Waals surface area contributed by atoms with Crippen LogP contribution in [-0.4, -0.2) is 87.5 Å². The fourth-order valence-corrected chi connectivity index (χ4v) is 8.58. The van der Waals surface area contributed by atoms with E-state index in [1.165, 1.54) is 193 Å². The first kappa shape index (κ1) is 56.2. The Labute approximate surface area is 364 Å². The van der Waals surface area contributed by atoms with E-state index in [2.05, 4.69) is 19.2 Å². The van der Waals surface area contributed by atoms with Gasteiger partial charge in [0.1, 0.15) is 24.4 Å². The van der Waals surface area contributed by atoms with Gasteiger partial charge in [0.15, 0.2) is 6.29 Å². The number of aliphatic hydroxyl groups excluding tert-OH is 5. The van der Waals surface area contributed by atoms with Crippen LogP contribution in [0.4, 0.5) is 0 Å². The highest BCUT2D eigenvalue weighted by atomic mass is 16.7. The van der Waals surface area contributed by atoms with E-state index in [1.54, 1.807) is 0 Å². The normalized spacial score (nSPS) is 20.6. The van der Waals surface area contributed by atoms with Crippen molar-refractivity contribution in [3.8, 4) is 0 Å². The van der Waals surface area contributed by atoms with Crippen molar-refractivity contribution in [2.24, 2.45) is 0 Å². The predicted octanol–water partition coefficient (Wildman–Crippen LogP) is 11.5. The quantitative estimate of drug-likeness (QED) is 0.0332. The van der Waals surface area contributed by atoms with E-state index in [9.17, 15) is 30.3 Å². The Hall–Kier alpha value is -0.810. The summed E-state index contributed by atoms with van der Waals surface area (Å²) in [6.45, 7) is 3.86. The maximum atomic E-state index is 13.0. The van der Waals surface area contributed by atoms with Gasteiger partial charge in [0.05, 0.1) is 25.4 Å². The molecule has 1 aliphatic heterocycles.